The topological polar surface area (TPSA) is 26.3 Å². The third-order valence-corrected chi connectivity index (χ3v) is 2.99. The van der Waals surface area contributed by atoms with Crippen LogP contribution in [0.25, 0.3) is 0 Å². The summed E-state index contributed by atoms with van der Waals surface area (Å²) >= 11 is 0. The first kappa shape index (κ1) is 13.8. The van der Waals surface area contributed by atoms with Crippen molar-refractivity contribution in [2.75, 3.05) is 6.61 Å². The van der Waals surface area contributed by atoms with Crippen molar-refractivity contribution in [3.8, 4) is 0 Å². The van der Waals surface area contributed by atoms with Gasteiger partial charge in [-0.1, -0.05) is 50.1 Å². The zero-order chi connectivity index (χ0) is 12.7. The molecule has 0 aliphatic rings. The Hall–Kier alpha value is -1.31. The highest BCUT2D eigenvalue weighted by Gasteiger charge is 2.31. The fourth-order valence-corrected chi connectivity index (χ4v) is 1.67. The van der Waals surface area contributed by atoms with E-state index in [2.05, 4.69) is 6.92 Å². The molecule has 0 saturated heterocycles. The average Bonchev–Trinajstić information content (AvgIpc) is 2.35. The molecule has 17 heavy (non-hydrogen) atoms. The van der Waals surface area contributed by atoms with Gasteiger partial charge in [0.1, 0.15) is 0 Å². The molecule has 0 aromatic heterocycles. The lowest BCUT2D eigenvalue weighted by Gasteiger charge is -2.23. The summed E-state index contributed by atoms with van der Waals surface area (Å²) in [4.78, 5) is 12.0. The van der Waals surface area contributed by atoms with E-state index < -0.39 is 5.41 Å². The summed E-state index contributed by atoms with van der Waals surface area (Å²) in [5.41, 5.74) is 0.438. The fraction of sp³-hybridized carbons (Fsp3) is 0.533. The Labute approximate surface area is 104 Å². The van der Waals surface area contributed by atoms with Gasteiger partial charge in [-0.05, 0) is 25.8 Å². The van der Waals surface area contributed by atoms with Crippen molar-refractivity contribution in [1.82, 2.24) is 0 Å². The Morgan fingerprint density at radius 1 is 1.18 bits per heavy atom. The van der Waals surface area contributed by atoms with E-state index in [-0.39, 0.29) is 5.97 Å². The molecule has 0 aliphatic carbocycles. The summed E-state index contributed by atoms with van der Waals surface area (Å²) in [6.07, 6.45) is 3.20. The minimum atomic E-state index is -0.562. The lowest BCUT2D eigenvalue weighted by atomic mass is 9.85. The van der Waals surface area contributed by atoms with Crippen LogP contribution >= 0.6 is 0 Å². The molecular formula is C15H22O2. The molecule has 1 aromatic rings. The van der Waals surface area contributed by atoms with E-state index in [1.807, 2.05) is 44.2 Å². The van der Waals surface area contributed by atoms with Crippen LogP contribution < -0.4 is 0 Å². The zero-order valence-electron chi connectivity index (χ0n) is 11.0. The minimum Gasteiger partial charge on any atom is -0.465 e. The maximum atomic E-state index is 12.0. The summed E-state index contributed by atoms with van der Waals surface area (Å²) in [6, 6.07) is 9.77. The molecule has 2 heteroatoms. The van der Waals surface area contributed by atoms with Crippen molar-refractivity contribution in [3.63, 3.8) is 0 Å². The van der Waals surface area contributed by atoms with Gasteiger partial charge in [-0.2, -0.15) is 0 Å². The Morgan fingerprint density at radius 3 is 2.41 bits per heavy atom. The van der Waals surface area contributed by atoms with E-state index in [1.165, 1.54) is 0 Å². The van der Waals surface area contributed by atoms with Crippen LogP contribution in [-0.4, -0.2) is 12.6 Å². The van der Waals surface area contributed by atoms with Crippen molar-refractivity contribution in [2.45, 2.75) is 45.4 Å². The fourth-order valence-electron chi connectivity index (χ4n) is 1.67. The summed E-state index contributed by atoms with van der Waals surface area (Å²) < 4.78 is 5.32. The number of hydrogen-bond acceptors (Lipinski definition) is 2. The molecule has 1 aromatic carbocycles. The van der Waals surface area contributed by atoms with Gasteiger partial charge in [0, 0.05) is 0 Å². The lowest BCUT2D eigenvalue weighted by Crippen LogP contribution is -2.31. The van der Waals surface area contributed by atoms with Crippen LogP contribution in [0, 0.1) is 0 Å². The monoisotopic (exact) mass is 234 g/mol. The van der Waals surface area contributed by atoms with E-state index >= 15 is 0 Å². The van der Waals surface area contributed by atoms with Crippen LogP contribution in [0.1, 0.15) is 45.6 Å². The predicted molar refractivity (Wildman–Crippen MR) is 70.0 cm³/mol. The second-order valence-electron chi connectivity index (χ2n) is 4.83. The number of unbranched alkanes of at least 4 members (excludes halogenated alkanes) is 2. The van der Waals surface area contributed by atoms with Gasteiger partial charge >= 0.3 is 5.97 Å². The van der Waals surface area contributed by atoms with Crippen molar-refractivity contribution in [3.05, 3.63) is 35.9 Å². The molecule has 0 atom stereocenters. The molecule has 0 aliphatic heterocycles. The van der Waals surface area contributed by atoms with Gasteiger partial charge in [-0.3, -0.25) is 4.79 Å². The number of hydrogen-bond donors (Lipinski definition) is 0. The first-order chi connectivity index (χ1) is 8.09. The van der Waals surface area contributed by atoms with Crippen LogP contribution in [-0.2, 0) is 14.9 Å². The molecule has 0 fully saturated rings. The highest BCUT2D eigenvalue weighted by molar-refractivity contribution is 5.82. The van der Waals surface area contributed by atoms with Crippen LogP contribution in [0.4, 0.5) is 0 Å². The van der Waals surface area contributed by atoms with Gasteiger partial charge in [0.05, 0.1) is 12.0 Å². The van der Waals surface area contributed by atoms with Crippen molar-refractivity contribution >= 4 is 5.97 Å². The first-order valence-corrected chi connectivity index (χ1v) is 6.31. The second-order valence-corrected chi connectivity index (χ2v) is 4.83. The molecule has 0 spiro atoms. The second kappa shape index (κ2) is 6.43. The highest BCUT2D eigenvalue weighted by atomic mass is 16.5. The number of benzene rings is 1. The molecule has 94 valence electrons. The number of rotatable bonds is 6. The molecule has 0 saturated carbocycles. The maximum Gasteiger partial charge on any atom is 0.315 e. The predicted octanol–water partition coefficient (Wildman–Crippen LogP) is 3.70. The number of carbonyl (C=O) groups is 1. The molecule has 2 nitrogen and oxygen atoms in total. The van der Waals surface area contributed by atoms with Crippen LogP contribution in [0.3, 0.4) is 0 Å². The third kappa shape index (κ3) is 3.88. The SMILES string of the molecule is CCCCCOC(=O)C(C)(C)c1ccccc1. The molecule has 0 heterocycles. The molecule has 1 rings (SSSR count). The normalized spacial score (nSPS) is 11.2. The van der Waals surface area contributed by atoms with Crippen LogP contribution in [0.5, 0.6) is 0 Å². The van der Waals surface area contributed by atoms with Crippen molar-refractivity contribution in [1.29, 1.82) is 0 Å². The highest BCUT2D eigenvalue weighted by Crippen LogP contribution is 2.24. The molecule has 0 bridgehead atoms. The number of carbonyl (C=O) groups excluding carboxylic acids is 1. The van der Waals surface area contributed by atoms with Gasteiger partial charge < -0.3 is 4.74 Å². The van der Waals surface area contributed by atoms with Crippen LogP contribution in [0.2, 0.25) is 0 Å². The summed E-state index contributed by atoms with van der Waals surface area (Å²) in [7, 11) is 0. The summed E-state index contributed by atoms with van der Waals surface area (Å²) in [5.74, 6) is -0.139. The maximum absolute atomic E-state index is 12.0. The van der Waals surface area contributed by atoms with E-state index in [0.717, 1.165) is 24.8 Å². The smallest absolute Gasteiger partial charge is 0.315 e. The van der Waals surface area contributed by atoms with E-state index in [9.17, 15) is 4.79 Å². The first-order valence-electron chi connectivity index (χ1n) is 6.31. The standard InChI is InChI=1S/C15H22O2/c1-4-5-9-12-17-14(16)15(2,3)13-10-7-6-8-11-13/h6-8,10-11H,4-5,9,12H2,1-3H3. The Balaban J connectivity index is 2.55. The Bertz CT molecular complexity index is 341. The summed E-state index contributed by atoms with van der Waals surface area (Å²) in [6.45, 7) is 6.48. The van der Waals surface area contributed by atoms with Crippen LogP contribution in [0.15, 0.2) is 30.3 Å². The summed E-state index contributed by atoms with van der Waals surface area (Å²) in [5, 5.41) is 0. The quantitative estimate of drug-likeness (QED) is 0.554. The largest absolute Gasteiger partial charge is 0.465 e. The lowest BCUT2D eigenvalue weighted by molar-refractivity contribution is -0.149. The molecule has 0 unspecified atom stereocenters. The molecule has 0 amide bonds. The zero-order valence-corrected chi connectivity index (χ0v) is 11.0. The molecule has 0 radical (unpaired) electrons. The van der Waals surface area contributed by atoms with Gasteiger partial charge in [0.15, 0.2) is 0 Å². The Kier molecular flexibility index (Phi) is 5.20. The van der Waals surface area contributed by atoms with E-state index in [0.29, 0.717) is 6.61 Å². The third-order valence-electron chi connectivity index (χ3n) is 2.99. The Morgan fingerprint density at radius 2 is 1.82 bits per heavy atom. The van der Waals surface area contributed by atoms with Crippen molar-refractivity contribution in [2.24, 2.45) is 0 Å². The molecule has 0 N–H and O–H groups in total. The molecular weight excluding hydrogens is 212 g/mol. The average molecular weight is 234 g/mol. The van der Waals surface area contributed by atoms with Crippen molar-refractivity contribution < 1.29 is 9.53 Å². The van der Waals surface area contributed by atoms with E-state index in [1.54, 1.807) is 0 Å². The number of esters is 1. The van der Waals surface area contributed by atoms with Gasteiger partial charge in [0.25, 0.3) is 0 Å². The van der Waals surface area contributed by atoms with Gasteiger partial charge in [0.2, 0.25) is 0 Å². The van der Waals surface area contributed by atoms with Gasteiger partial charge in [-0.25, -0.2) is 0 Å². The minimum absolute atomic E-state index is 0.139. The number of ether oxygens (including phenoxy) is 1. The van der Waals surface area contributed by atoms with E-state index in [4.69, 9.17) is 4.74 Å². The van der Waals surface area contributed by atoms with Gasteiger partial charge in [-0.15, -0.1) is 0 Å².